The number of hydrogen-bond acceptors (Lipinski definition) is 2. The highest BCUT2D eigenvalue weighted by atomic mass is 15.2. The summed E-state index contributed by atoms with van der Waals surface area (Å²) in [5.74, 6) is 6.06. The Morgan fingerprint density at radius 3 is 2.10 bits per heavy atom. The van der Waals surface area contributed by atoms with Crippen molar-refractivity contribution in [2.45, 2.75) is 27.2 Å². The van der Waals surface area contributed by atoms with Crippen LogP contribution in [-0.4, -0.2) is 12.9 Å². The maximum atomic E-state index is 5.21. The van der Waals surface area contributed by atoms with Crippen LogP contribution in [0.2, 0.25) is 0 Å². The monoisotopic (exact) mass is 143 g/mol. The van der Waals surface area contributed by atoms with Crippen LogP contribution >= 0.6 is 0 Å². The van der Waals surface area contributed by atoms with Gasteiger partial charge in [0.1, 0.15) is 5.84 Å². The Morgan fingerprint density at radius 2 is 2.00 bits per heavy atom. The molecule has 0 aromatic heterocycles. The third kappa shape index (κ3) is 4.32. The molecule has 3 N–H and O–H groups in total. The van der Waals surface area contributed by atoms with Gasteiger partial charge in [-0.25, -0.2) is 5.84 Å². The van der Waals surface area contributed by atoms with Crippen molar-refractivity contribution in [3.05, 3.63) is 0 Å². The molecule has 3 nitrogen and oxygen atoms in total. The topological polar surface area (TPSA) is 50.4 Å². The third-order valence-corrected chi connectivity index (χ3v) is 1.13. The van der Waals surface area contributed by atoms with E-state index in [9.17, 15) is 0 Å². The van der Waals surface area contributed by atoms with Gasteiger partial charge in [-0.15, -0.1) is 0 Å². The van der Waals surface area contributed by atoms with Gasteiger partial charge < -0.3 is 5.43 Å². The van der Waals surface area contributed by atoms with Crippen molar-refractivity contribution in [1.82, 2.24) is 5.43 Å². The van der Waals surface area contributed by atoms with Crippen LogP contribution in [0, 0.1) is 5.41 Å². The molecule has 0 aromatic carbocycles. The van der Waals surface area contributed by atoms with Crippen LogP contribution < -0.4 is 11.3 Å². The van der Waals surface area contributed by atoms with E-state index in [4.69, 9.17) is 5.84 Å². The molecule has 0 amide bonds. The summed E-state index contributed by atoms with van der Waals surface area (Å²) < 4.78 is 0. The quantitative estimate of drug-likeness (QED) is 0.248. The maximum absolute atomic E-state index is 5.21. The average molecular weight is 143 g/mol. The van der Waals surface area contributed by atoms with E-state index < -0.39 is 0 Å². The van der Waals surface area contributed by atoms with E-state index in [0.29, 0.717) is 0 Å². The lowest BCUT2D eigenvalue weighted by Crippen LogP contribution is -2.33. The Bertz CT molecular complexity index is 121. The number of nitrogens with one attached hydrogen (secondary N) is 1. The van der Waals surface area contributed by atoms with Crippen molar-refractivity contribution >= 4 is 5.84 Å². The number of amidine groups is 1. The summed E-state index contributed by atoms with van der Waals surface area (Å²) in [7, 11) is 1.74. The van der Waals surface area contributed by atoms with Crippen LogP contribution in [0.25, 0.3) is 0 Å². The fourth-order valence-corrected chi connectivity index (χ4v) is 0.697. The first kappa shape index (κ1) is 9.43. The lowest BCUT2D eigenvalue weighted by Gasteiger charge is -2.18. The molecule has 0 fully saturated rings. The van der Waals surface area contributed by atoms with Gasteiger partial charge in [0.2, 0.25) is 0 Å². The van der Waals surface area contributed by atoms with Gasteiger partial charge >= 0.3 is 0 Å². The summed E-state index contributed by atoms with van der Waals surface area (Å²) in [6.45, 7) is 6.44. The highest BCUT2D eigenvalue weighted by Crippen LogP contribution is 2.17. The summed E-state index contributed by atoms with van der Waals surface area (Å²) in [5.41, 5.74) is 2.81. The normalized spacial score (nSPS) is 13.5. The van der Waals surface area contributed by atoms with E-state index in [-0.39, 0.29) is 5.41 Å². The van der Waals surface area contributed by atoms with E-state index in [1.165, 1.54) is 0 Å². The van der Waals surface area contributed by atoms with Crippen molar-refractivity contribution in [3.8, 4) is 0 Å². The summed E-state index contributed by atoms with van der Waals surface area (Å²) in [6.07, 6.45) is 0.889. The number of nitrogens with zero attached hydrogens (tertiary/aromatic N) is 1. The van der Waals surface area contributed by atoms with Gasteiger partial charge in [0, 0.05) is 13.5 Å². The van der Waals surface area contributed by atoms with Crippen LogP contribution in [-0.2, 0) is 0 Å². The second-order valence-electron chi connectivity index (χ2n) is 3.55. The summed E-state index contributed by atoms with van der Waals surface area (Å²) in [6, 6.07) is 0. The Hall–Kier alpha value is -0.570. The van der Waals surface area contributed by atoms with E-state index in [0.717, 1.165) is 12.3 Å². The first-order chi connectivity index (χ1) is 4.49. The molecule has 0 aliphatic carbocycles. The van der Waals surface area contributed by atoms with Crippen LogP contribution in [0.4, 0.5) is 0 Å². The largest absolute Gasteiger partial charge is 0.312 e. The fraction of sp³-hybridized carbons (Fsp3) is 0.857. The molecule has 0 aliphatic rings. The molecule has 0 heterocycles. The van der Waals surface area contributed by atoms with Crippen molar-refractivity contribution < 1.29 is 0 Å². The SMILES string of the molecule is CN=C(CC(C)(C)C)NN. The lowest BCUT2D eigenvalue weighted by molar-refractivity contribution is 0.429. The molecule has 0 saturated heterocycles. The zero-order chi connectivity index (χ0) is 8.20. The Kier molecular flexibility index (Phi) is 3.36. The van der Waals surface area contributed by atoms with E-state index in [1.54, 1.807) is 7.05 Å². The molecule has 3 heteroatoms. The van der Waals surface area contributed by atoms with Gasteiger partial charge in [0.25, 0.3) is 0 Å². The first-order valence-corrected chi connectivity index (χ1v) is 3.42. The van der Waals surface area contributed by atoms with Crippen molar-refractivity contribution in [3.63, 3.8) is 0 Å². The number of nitrogens with two attached hydrogens (primary N) is 1. The molecule has 60 valence electrons. The minimum absolute atomic E-state index is 0.251. The average Bonchev–Trinajstić information content (AvgIpc) is 1.81. The molecular weight excluding hydrogens is 126 g/mol. The van der Waals surface area contributed by atoms with E-state index in [2.05, 4.69) is 31.2 Å². The number of hydrogen-bond donors (Lipinski definition) is 2. The van der Waals surface area contributed by atoms with Gasteiger partial charge in [-0.05, 0) is 5.41 Å². The standard InChI is InChI=1S/C7H17N3/c1-7(2,3)5-6(9-4)10-8/h5,8H2,1-4H3,(H,9,10). The van der Waals surface area contributed by atoms with Gasteiger partial charge in [0.15, 0.2) is 0 Å². The highest BCUT2D eigenvalue weighted by molar-refractivity contribution is 5.81. The number of aliphatic imine (C=N–C) groups is 1. The minimum Gasteiger partial charge on any atom is -0.312 e. The van der Waals surface area contributed by atoms with Crippen LogP contribution in [0.5, 0.6) is 0 Å². The van der Waals surface area contributed by atoms with Crippen molar-refractivity contribution in [2.75, 3.05) is 7.05 Å². The third-order valence-electron chi connectivity index (χ3n) is 1.13. The predicted molar refractivity (Wildman–Crippen MR) is 44.8 cm³/mol. The van der Waals surface area contributed by atoms with Gasteiger partial charge in [0.05, 0.1) is 0 Å². The maximum Gasteiger partial charge on any atom is 0.110 e. The molecular formula is C7H17N3. The zero-order valence-corrected chi connectivity index (χ0v) is 7.23. The molecule has 0 aromatic rings. The van der Waals surface area contributed by atoms with Gasteiger partial charge in [-0.2, -0.15) is 0 Å². The Morgan fingerprint density at radius 1 is 1.50 bits per heavy atom. The molecule has 0 radical (unpaired) electrons. The van der Waals surface area contributed by atoms with E-state index >= 15 is 0 Å². The number of hydrazine groups is 1. The van der Waals surface area contributed by atoms with Gasteiger partial charge in [-0.1, -0.05) is 20.8 Å². The molecule has 0 saturated carbocycles. The summed E-state index contributed by atoms with van der Waals surface area (Å²) in [4.78, 5) is 3.97. The van der Waals surface area contributed by atoms with Crippen molar-refractivity contribution in [1.29, 1.82) is 0 Å². The highest BCUT2D eigenvalue weighted by Gasteiger charge is 2.12. The zero-order valence-electron chi connectivity index (χ0n) is 7.23. The first-order valence-electron chi connectivity index (χ1n) is 3.42. The molecule has 0 bridgehead atoms. The number of rotatable bonds is 1. The molecule has 10 heavy (non-hydrogen) atoms. The Balaban J connectivity index is 3.88. The van der Waals surface area contributed by atoms with Crippen LogP contribution in [0.15, 0.2) is 4.99 Å². The molecule has 0 rings (SSSR count). The second kappa shape index (κ2) is 3.56. The summed E-state index contributed by atoms with van der Waals surface area (Å²) >= 11 is 0. The molecule has 0 unspecified atom stereocenters. The lowest BCUT2D eigenvalue weighted by atomic mass is 9.92. The summed E-state index contributed by atoms with van der Waals surface area (Å²) in [5, 5.41) is 0. The molecule has 0 spiro atoms. The molecule has 0 aliphatic heterocycles. The smallest absolute Gasteiger partial charge is 0.110 e. The van der Waals surface area contributed by atoms with Gasteiger partial charge in [-0.3, -0.25) is 4.99 Å². The minimum atomic E-state index is 0.251. The Labute approximate surface area is 62.7 Å². The second-order valence-corrected chi connectivity index (χ2v) is 3.55. The predicted octanol–water partition coefficient (Wildman–Crippen LogP) is 0.914. The fourth-order valence-electron chi connectivity index (χ4n) is 0.697. The van der Waals surface area contributed by atoms with Crippen LogP contribution in [0.3, 0.4) is 0 Å². The molecule has 0 atom stereocenters. The van der Waals surface area contributed by atoms with Crippen molar-refractivity contribution in [2.24, 2.45) is 16.3 Å². The van der Waals surface area contributed by atoms with E-state index in [1.807, 2.05) is 0 Å². The van der Waals surface area contributed by atoms with Crippen LogP contribution in [0.1, 0.15) is 27.2 Å².